The molecule has 1 fully saturated rings. The smallest absolute Gasteiger partial charge is 0.224 e. The SMILES string of the molecule is O=C(CCn1nnc2ccccc21)N1CCCC(O)(CO)CC1. The van der Waals surface area contributed by atoms with E-state index in [2.05, 4.69) is 10.3 Å². The molecule has 1 aromatic heterocycles. The van der Waals surface area contributed by atoms with E-state index in [1.807, 2.05) is 24.3 Å². The molecule has 2 N–H and O–H groups in total. The summed E-state index contributed by atoms with van der Waals surface area (Å²) >= 11 is 0. The zero-order valence-corrected chi connectivity index (χ0v) is 13.1. The predicted molar refractivity (Wildman–Crippen MR) is 84.6 cm³/mol. The molecule has 1 saturated heterocycles. The summed E-state index contributed by atoms with van der Waals surface area (Å²) in [6.45, 7) is 1.34. The number of fused-ring (bicyclic) bond motifs is 1. The lowest BCUT2D eigenvalue weighted by Crippen LogP contribution is -2.36. The number of hydrogen-bond acceptors (Lipinski definition) is 5. The van der Waals surface area contributed by atoms with Crippen molar-refractivity contribution in [3.8, 4) is 0 Å². The summed E-state index contributed by atoms with van der Waals surface area (Å²) in [5.74, 6) is 0.0479. The van der Waals surface area contributed by atoms with Crippen LogP contribution >= 0.6 is 0 Å². The van der Waals surface area contributed by atoms with E-state index in [0.29, 0.717) is 45.3 Å². The molecule has 2 heterocycles. The maximum atomic E-state index is 12.4. The quantitative estimate of drug-likeness (QED) is 0.859. The molecule has 2 aromatic rings. The number of hydrogen-bond donors (Lipinski definition) is 2. The summed E-state index contributed by atoms with van der Waals surface area (Å²) in [6, 6.07) is 7.67. The number of benzene rings is 1. The Kier molecular flexibility index (Phi) is 4.58. The van der Waals surface area contributed by atoms with Gasteiger partial charge in [0.1, 0.15) is 5.52 Å². The number of carbonyl (C=O) groups excluding carboxylic acids is 1. The maximum Gasteiger partial charge on any atom is 0.224 e. The van der Waals surface area contributed by atoms with Gasteiger partial charge in [0.25, 0.3) is 0 Å². The number of nitrogens with zero attached hydrogens (tertiary/aromatic N) is 4. The van der Waals surface area contributed by atoms with Crippen LogP contribution in [0, 0.1) is 0 Å². The van der Waals surface area contributed by atoms with Crippen molar-refractivity contribution in [3.05, 3.63) is 24.3 Å². The average Bonchev–Trinajstić information content (AvgIpc) is 2.88. The molecule has 1 amide bonds. The fraction of sp³-hybridized carbons (Fsp3) is 0.562. The van der Waals surface area contributed by atoms with Crippen molar-refractivity contribution in [2.75, 3.05) is 19.7 Å². The van der Waals surface area contributed by atoms with Gasteiger partial charge in [0.2, 0.25) is 5.91 Å². The number of carbonyl (C=O) groups is 1. The van der Waals surface area contributed by atoms with Gasteiger partial charge in [-0.3, -0.25) is 4.79 Å². The van der Waals surface area contributed by atoms with E-state index in [9.17, 15) is 15.0 Å². The van der Waals surface area contributed by atoms with E-state index in [1.165, 1.54) is 0 Å². The second-order valence-electron chi connectivity index (χ2n) is 6.17. The number of amides is 1. The highest BCUT2D eigenvalue weighted by atomic mass is 16.3. The standard InChI is InChI=1S/C16H22N4O3/c21-12-16(23)7-3-9-19(11-8-16)15(22)6-10-20-14-5-2-1-4-13(14)17-18-20/h1-2,4-5,21,23H,3,6-12H2. The van der Waals surface area contributed by atoms with Crippen LogP contribution in [0.1, 0.15) is 25.7 Å². The number of aliphatic hydroxyl groups is 2. The number of aromatic nitrogens is 3. The van der Waals surface area contributed by atoms with Crippen molar-refractivity contribution in [1.82, 2.24) is 19.9 Å². The second-order valence-corrected chi connectivity index (χ2v) is 6.17. The van der Waals surface area contributed by atoms with E-state index in [4.69, 9.17) is 0 Å². The molecule has 1 aromatic carbocycles. The first-order chi connectivity index (χ1) is 11.1. The molecule has 7 heteroatoms. The van der Waals surface area contributed by atoms with Crippen molar-refractivity contribution in [2.45, 2.75) is 37.8 Å². The van der Waals surface area contributed by atoms with Gasteiger partial charge in [-0.05, 0) is 31.4 Å². The number of aliphatic hydroxyl groups excluding tert-OH is 1. The minimum atomic E-state index is -1.04. The Morgan fingerprint density at radius 3 is 2.91 bits per heavy atom. The largest absolute Gasteiger partial charge is 0.393 e. The molecular weight excluding hydrogens is 296 g/mol. The Labute approximate surface area is 134 Å². The second kappa shape index (κ2) is 6.64. The van der Waals surface area contributed by atoms with Gasteiger partial charge in [0.15, 0.2) is 0 Å². The van der Waals surface area contributed by atoms with Crippen LogP contribution in [0.3, 0.4) is 0 Å². The molecule has 1 atom stereocenters. The van der Waals surface area contributed by atoms with Crippen LogP contribution in [-0.4, -0.2) is 61.3 Å². The Hall–Kier alpha value is -1.99. The Balaban J connectivity index is 1.59. The third kappa shape index (κ3) is 3.51. The maximum absolute atomic E-state index is 12.4. The molecular formula is C16H22N4O3. The molecule has 0 aliphatic carbocycles. The molecule has 1 aliphatic rings. The van der Waals surface area contributed by atoms with Crippen LogP contribution < -0.4 is 0 Å². The zero-order valence-electron chi connectivity index (χ0n) is 13.1. The zero-order chi connectivity index (χ0) is 16.3. The minimum absolute atomic E-state index is 0.0479. The molecule has 124 valence electrons. The Morgan fingerprint density at radius 1 is 1.26 bits per heavy atom. The molecule has 1 unspecified atom stereocenters. The van der Waals surface area contributed by atoms with Crippen LogP contribution in [0.4, 0.5) is 0 Å². The van der Waals surface area contributed by atoms with Crippen LogP contribution in [0.2, 0.25) is 0 Å². The lowest BCUT2D eigenvalue weighted by molar-refractivity contribution is -0.131. The molecule has 23 heavy (non-hydrogen) atoms. The number of aryl methyl sites for hydroxylation is 1. The van der Waals surface area contributed by atoms with Crippen LogP contribution in [0.25, 0.3) is 11.0 Å². The normalized spacial score (nSPS) is 22.3. The van der Waals surface area contributed by atoms with Gasteiger partial charge in [0, 0.05) is 19.5 Å². The lowest BCUT2D eigenvalue weighted by atomic mass is 9.96. The van der Waals surface area contributed by atoms with Gasteiger partial charge < -0.3 is 15.1 Å². The molecule has 3 rings (SSSR count). The van der Waals surface area contributed by atoms with E-state index < -0.39 is 5.60 Å². The fourth-order valence-electron chi connectivity index (χ4n) is 3.03. The molecule has 0 radical (unpaired) electrons. The summed E-state index contributed by atoms with van der Waals surface area (Å²) in [7, 11) is 0. The highest BCUT2D eigenvalue weighted by Crippen LogP contribution is 2.22. The first kappa shape index (κ1) is 15.9. The van der Waals surface area contributed by atoms with Crippen molar-refractivity contribution in [3.63, 3.8) is 0 Å². The molecule has 1 aliphatic heterocycles. The molecule has 0 spiro atoms. The predicted octanol–water partition coefficient (Wildman–Crippen LogP) is 0.557. The van der Waals surface area contributed by atoms with Crippen molar-refractivity contribution >= 4 is 16.9 Å². The summed E-state index contributed by atoms with van der Waals surface area (Å²) in [6.07, 6.45) is 2.00. The van der Waals surface area contributed by atoms with Gasteiger partial charge in [0.05, 0.1) is 24.3 Å². The summed E-state index contributed by atoms with van der Waals surface area (Å²) in [4.78, 5) is 14.2. The third-order valence-electron chi connectivity index (χ3n) is 4.52. The summed E-state index contributed by atoms with van der Waals surface area (Å²) in [5.41, 5.74) is 0.700. The number of para-hydroxylation sites is 1. The average molecular weight is 318 g/mol. The van der Waals surface area contributed by atoms with Crippen LogP contribution in [-0.2, 0) is 11.3 Å². The molecule has 0 bridgehead atoms. The summed E-state index contributed by atoms with van der Waals surface area (Å²) in [5, 5.41) is 27.6. The fourth-order valence-corrected chi connectivity index (χ4v) is 3.03. The van der Waals surface area contributed by atoms with Gasteiger partial charge in [-0.2, -0.15) is 0 Å². The lowest BCUT2D eigenvalue weighted by Gasteiger charge is -2.24. The van der Waals surface area contributed by atoms with Crippen molar-refractivity contribution < 1.29 is 15.0 Å². The first-order valence-electron chi connectivity index (χ1n) is 8.01. The minimum Gasteiger partial charge on any atom is -0.393 e. The highest BCUT2D eigenvalue weighted by molar-refractivity contribution is 5.77. The number of rotatable bonds is 4. The van der Waals surface area contributed by atoms with Gasteiger partial charge in [-0.25, -0.2) is 4.68 Å². The van der Waals surface area contributed by atoms with Crippen molar-refractivity contribution in [1.29, 1.82) is 0 Å². The molecule has 0 saturated carbocycles. The van der Waals surface area contributed by atoms with Gasteiger partial charge in [-0.15, -0.1) is 5.10 Å². The Morgan fingerprint density at radius 2 is 2.09 bits per heavy atom. The first-order valence-corrected chi connectivity index (χ1v) is 8.01. The monoisotopic (exact) mass is 318 g/mol. The van der Waals surface area contributed by atoms with E-state index in [1.54, 1.807) is 9.58 Å². The summed E-state index contributed by atoms with van der Waals surface area (Å²) < 4.78 is 1.75. The van der Waals surface area contributed by atoms with Crippen LogP contribution in [0.15, 0.2) is 24.3 Å². The molecule has 7 nitrogen and oxygen atoms in total. The highest BCUT2D eigenvalue weighted by Gasteiger charge is 2.30. The third-order valence-corrected chi connectivity index (χ3v) is 4.52. The van der Waals surface area contributed by atoms with Gasteiger partial charge in [-0.1, -0.05) is 17.3 Å². The topological polar surface area (TPSA) is 91.5 Å². The van der Waals surface area contributed by atoms with Crippen molar-refractivity contribution in [2.24, 2.45) is 0 Å². The van der Waals surface area contributed by atoms with E-state index in [-0.39, 0.29) is 12.5 Å². The number of likely N-dealkylation sites (tertiary alicyclic amines) is 1. The van der Waals surface area contributed by atoms with Crippen LogP contribution in [0.5, 0.6) is 0 Å². The Bertz CT molecular complexity index is 687. The van der Waals surface area contributed by atoms with E-state index >= 15 is 0 Å². The van der Waals surface area contributed by atoms with E-state index in [0.717, 1.165) is 11.0 Å². The van der Waals surface area contributed by atoms with Gasteiger partial charge >= 0.3 is 0 Å².